The summed E-state index contributed by atoms with van der Waals surface area (Å²) in [5, 5.41) is 0. The monoisotopic (exact) mass is 208 g/mol. The molecule has 0 aromatic heterocycles. The highest BCUT2D eigenvalue weighted by molar-refractivity contribution is 4.94. The van der Waals surface area contributed by atoms with Crippen molar-refractivity contribution in [1.29, 1.82) is 0 Å². The minimum Gasteiger partial charge on any atom is -0.330 e. The van der Waals surface area contributed by atoms with E-state index < -0.39 is 0 Å². The van der Waals surface area contributed by atoms with E-state index in [-0.39, 0.29) is 0 Å². The molecule has 2 N–H and O–H groups in total. The normalized spacial score (nSPS) is 45.4. The Morgan fingerprint density at radius 1 is 1.07 bits per heavy atom. The van der Waals surface area contributed by atoms with Crippen LogP contribution in [0.4, 0.5) is 0 Å². The van der Waals surface area contributed by atoms with Crippen LogP contribution in [0.25, 0.3) is 0 Å². The predicted octanol–water partition coefficient (Wildman–Crippen LogP) is 1.85. The summed E-state index contributed by atoms with van der Waals surface area (Å²) in [5.41, 5.74) is 5.86. The summed E-state index contributed by atoms with van der Waals surface area (Å²) in [6.07, 6.45) is 8.74. The van der Waals surface area contributed by atoms with Crippen molar-refractivity contribution in [3.05, 3.63) is 0 Å². The van der Waals surface area contributed by atoms with Crippen molar-refractivity contribution in [2.24, 2.45) is 23.5 Å². The molecular formula is C13H24N2. The Morgan fingerprint density at radius 3 is 2.60 bits per heavy atom. The van der Waals surface area contributed by atoms with Gasteiger partial charge >= 0.3 is 0 Å². The Morgan fingerprint density at radius 2 is 1.93 bits per heavy atom. The lowest BCUT2D eigenvalue weighted by molar-refractivity contribution is 0.165. The molecule has 0 spiro atoms. The summed E-state index contributed by atoms with van der Waals surface area (Å²) in [6, 6.07) is 0.953. The number of nitrogens with two attached hydrogens (primary N) is 1. The van der Waals surface area contributed by atoms with E-state index in [1.807, 2.05) is 0 Å². The lowest BCUT2D eigenvalue weighted by Gasteiger charge is -2.31. The molecular weight excluding hydrogens is 184 g/mol. The van der Waals surface area contributed by atoms with Crippen molar-refractivity contribution < 1.29 is 0 Å². The van der Waals surface area contributed by atoms with Crippen molar-refractivity contribution in [3.8, 4) is 0 Å². The molecule has 15 heavy (non-hydrogen) atoms. The van der Waals surface area contributed by atoms with Crippen molar-refractivity contribution >= 4 is 0 Å². The van der Waals surface area contributed by atoms with Crippen LogP contribution in [0, 0.1) is 17.8 Å². The average Bonchev–Trinajstić information content (AvgIpc) is 2.92. The Bertz CT molecular complexity index is 225. The van der Waals surface area contributed by atoms with E-state index >= 15 is 0 Å². The van der Waals surface area contributed by atoms with E-state index in [0.29, 0.717) is 0 Å². The summed E-state index contributed by atoms with van der Waals surface area (Å²) >= 11 is 0. The van der Waals surface area contributed by atoms with Crippen LogP contribution in [0.3, 0.4) is 0 Å². The molecule has 1 saturated heterocycles. The van der Waals surface area contributed by atoms with Gasteiger partial charge in [0, 0.05) is 19.1 Å². The SMILES string of the molecule is NCC1CCCC1CN1CC2CCC1C2. The molecule has 4 atom stereocenters. The first-order chi connectivity index (χ1) is 7.36. The van der Waals surface area contributed by atoms with E-state index in [4.69, 9.17) is 5.73 Å². The zero-order valence-corrected chi connectivity index (χ0v) is 9.70. The van der Waals surface area contributed by atoms with Crippen LogP contribution in [-0.4, -0.2) is 30.6 Å². The second-order valence-corrected chi connectivity index (χ2v) is 5.97. The van der Waals surface area contributed by atoms with Crippen LogP contribution in [0.2, 0.25) is 0 Å². The van der Waals surface area contributed by atoms with Gasteiger partial charge in [0.05, 0.1) is 0 Å². The lowest BCUT2D eigenvalue weighted by Crippen LogP contribution is -2.38. The van der Waals surface area contributed by atoms with Crippen LogP contribution in [0.1, 0.15) is 38.5 Å². The summed E-state index contributed by atoms with van der Waals surface area (Å²) in [5.74, 6) is 2.81. The van der Waals surface area contributed by atoms with Gasteiger partial charge in [0.1, 0.15) is 0 Å². The Kier molecular flexibility index (Phi) is 2.73. The molecule has 0 aromatic carbocycles. The van der Waals surface area contributed by atoms with E-state index in [0.717, 1.165) is 30.3 Å². The molecule has 0 aromatic rings. The molecule has 3 fully saturated rings. The third-order valence-electron chi connectivity index (χ3n) is 5.11. The molecule has 0 amide bonds. The molecule has 2 saturated carbocycles. The Labute approximate surface area is 93.2 Å². The van der Waals surface area contributed by atoms with Gasteiger partial charge in [0.15, 0.2) is 0 Å². The third kappa shape index (κ3) is 1.83. The van der Waals surface area contributed by atoms with Crippen LogP contribution in [0.15, 0.2) is 0 Å². The van der Waals surface area contributed by atoms with Crippen LogP contribution < -0.4 is 5.73 Å². The maximum absolute atomic E-state index is 5.86. The van der Waals surface area contributed by atoms with Crippen molar-refractivity contribution in [2.45, 2.75) is 44.6 Å². The average molecular weight is 208 g/mol. The van der Waals surface area contributed by atoms with Gasteiger partial charge in [-0.25, -0.2) is 0 Å². The van der Waals surface area contributed by atoms with Crippen molar-refractivity contribution in [2.75, 3.05) is 19.6 Å². The van der Waals surface area contributed by atoms with E-state index in [1.54, 1.807) is 0 Å². The first-order valence-electron chi connectivity index (χ1n) is 6.81. The summed E-state index contributed by atoms with van der Waals surface area (Å²) in [7, 11) is 0. The standard InChI is InChI=1S/C13H24N2/c14-7-11-2-1-3-12(11)9-15-8-10-4-5-13(15)6-10/h10-13H,1-9,14H2. The minimum absolute atomic E-state index is 0.837. The topological polar surface area (TPSA) is 29.3 Å². The maximum Gasteiger partial charge on any atom is 0.00987 e. The second-order valence-electron chi connectivity index (χ2n) is 5.97. The predicted molar refractivity (Wildman–Crippen MR) is 62.6 cm³/mol. The Balaban J connectivity index is 1.56. The number of rotatable bonds is 3. The van der Waals surface area contributed by atoms with E-state index in [9.17, 15) is 0 Å². The van der Waals surface area contributed by atoms with Gasteiger partial charge in [-0.1, -0.05) is 6.42 Å². The van der Waals surface area contributed by atoms with Gasteiger partial charge in [-0.2, -0.15) is 0 Å². The number of likely N-dealkylation sites (tertiary alicyclic amines) is 1. The molecule has 0 radical (unpaired) electrons. The highest BCUT2D eigenvalue weighted by Crippen LogP contribution is 2.40. The molecule has 1 heterocycles. The lowest BCUT2D eigenvalue weighted by atomic mass is 9.95. The molecule has 1 aliphatic heterocycles. The van der Waals surface area contributed by atoms with E-state index in [2.05, 4.69) is 4.90 Å². The van der Waals surface area contributed by atoms with Crippen LogP contribution in [-0.2, 0) is 0 Å². The molecule has 4 unspecified atom stereocenters. The summed E-state index contributed by atoms with van der Waals surface area (Å²) in [6.45, 7) is 3.69. The first kappa shape index (κ1) is 10.1. The second kappa shape index (κ2) is 4.06. The van der Waals surface area contributed by atoms with Gasteiger partial charge < -0.3 is 5.73 Å². The molecule has 2 heteroatoms. The number of nitrogens with zero attached hydrogens (tertiary/aromatic N) is 1. The van der Waals surface area contributed by atoms with Gasteiger partial charge in [-0.15, -0.1) is 0 Å². The van der Waals surface area contributed by atoms with E-state index in [1.165, 1.54) is 51.6 Å². The zero-order valence-electron chi connectivity index (χ0n) is 9.70. The molecule has 2 nitrogen and oxygen atoms in total. The van der Waals surface area contributed by atoms with Crippen LogP contribution >= 0.6 is 0 Å². The summed E-state index contributed by atoms with van der Waals surface area (Å²) < 4.78 is 0. The third-order valence-corrected chi connectivity index (χ3v) is 5.11. The zero-order chi connectivity index (χ0) is 10.3. The molecule has 3 rings (SSSR count). The number of piperidine rings is 1. The number of hydrogen-bond acceptors (Lipinski definition) is 2. The van der Waals surface area contributed by atoms with Gasteiger partial charge in [-0.05, 0) is 56.4 Å². The number of hydrogen-bond donors (Lipinski definition) is 1. The Hall–Kier alpha value is -0.0800. The maximum atomic E-state index is 5.86. The van der Waals surface area contributed by atoms with Gasteiger partial charge in [-0.3, -0.25) is 4.90 Å². The number of fused-ring (bicyclic) bond motifs is 2. The quantitative estimate of drug-likeness (QED) is 0.767. The highest BCUT2D eigenvalue weighted by Gasteiger charge is 2.39. The van der Waals surface area contributed by atoms with Crippen LogP contribution in [0.5, 0.6) is 0 Å². The minimum atomic E-state index is 0.837. The van der Waals surface area contributed by atoms with Crippen molar-refractivity contribution in [1.82, 2.24) is 4.90 Å². The van der Waals surface area contributed by atoms with Gasteiger partial charge in [0.2, 0.25) is 0 Å². The molecule has 3 aliphatic rings. The van der Waals surface area contributed by atoms with Gasteiger partial charge in [0.25, 0.3) is 0 Å². The fraction of sp³-hybridized carbons (Fsp3) is 1.00. The molecule has 2 aliphatic carbocycles. The molecule has 2 bridgehead atoms. The smallest absolute Gasteiger partial charge is 0.00987 e. The fourth-order valence-electron chi connectivity index (χ4n) is 4.22. The largest absolute Gasteiger partial charge is 0.330 e. The first-order valence-corrected chi connectivity index (χ1v) is 6.81. The molecule has 86 valence electrons. The summed E-state index contributed by atoms with van der Waals surface area (Å²) in [4.78, 5) is 2.78. The highest BCUT2D eigenvalue weighted by atomic mass is 15.2. The van der Waals surface area contributed by atoms with Crippen molar-refractivity contribution in [3.63, 3.8) is 0 Å². The fourth-order valence-corrected chi connectivity index (χ4v) is 4.22.